The summed E-state index contributed by atoms with van der Waals surface area (Å²) < 4.78 is 26.8. The highest BCUT2D eigenvalue weighted by molar-refractivity contribution is 7.99. The zero-order valence-corrected chi connectivity index (χ0v) is 15.5. The van der Waals surface area contributed by atoms with Crippen molar-refractivity contribution in [3.05, 3.63) is 16.3 Å². The van der Waals surface area contributed by atoms with E-state index in [1.54, 1.807) is 17.1 Å². The molecule has 0 aromatic carbocycles. The molecule has 0 atom stereocenters. The lowest BCUT2D eigenvalue weighted by molar-refractivity contribution is -0.137. The number of amides is 1. The SMILES string of the molecule is O=C(O)CCCCNC(=O)c1sccc1S(=O)(=O)N1CCSCC1. The van der Waals surface area contributed by atoms with E-state index in [0.29, 0.717) is 32.5 Å². The lowest BCUT2D eigenvalue weighted by atomic mass is 10.2. The van der Waals surface area contributed by atoms with Crippen LogP contribution in [0.15, 0.2) is 16.3 Å². The molecule has 7 nitrogen and oxygen atoms in total. The number of hydrogen-bond acceptors (Lipinski definition) is 6. The Balaban J connectivity index is 1.98. The van der Waals surface area contributed by atoms with Crippen LogP contribution in [0.3, 0.4) is 0 Å². The summed E-state index contributed by atoms with van der Waals surface area (Å²) in [4.78, 5) is 22.9. The van der Waals surface area contributed by atoms with Crippen molar-refractivity contribution in [2.45, 2.75) is 24.2 Å². The number of carbonyl (C=O) groups excluding carboxylic acids is 1. The number of thiophene rings is 1. The monoisotopic (exact) mass is 392 g/mol. The summed E-state index contributed by atoms with van der Waals surface area (Å²) in [5.41, 5.74) is 0. The molecular weight excluding hydrogens is 372 g/mol. The molecule has 1 amide bonds. The number of carboxylic acid groups (broad SMARTS) is 1. The van der Waals surface area contributed by atoms with Crippen molar-refractivity contribution in [1.29, 1.82) is 0 Å². The highest BCUT2D eigenvalue weighted by Crippen LogP contribution is 2.27. The topological polar surface area (TPSA) is 104 Å². The molecule has 2 heterocycles. The fourth-order valence-electron chi connectivity index (χ4n) is 2.28. The minimum atomic E-state index is -3.65. The van der Waals surface area contributed by atoms with E-state index in [2.05, 4.69) is 5.32 Å². The van der Waals surface area contributed by atoms with E-state index in [-0.39, 0.29) is 16.2 Å². The highest BCUT2D eigenvalue weighted by atomic mass is 32.2. The predicted octanol–water partition coefficient (Wildman–Crippen LogP) is 1.47. The van der Waals surface area contributed by atoms with Gasteiger partial charge in [-0.3, -0.25) is 9.59 Å². The van der Waals surface area contributed by atoms with Gasteiger partial charge in [0, 0.05) is 37.6 Å². The van der Waals surface area contributed by atoms with Gasteiger partial charge in [0.1, 0.15) is 9.77 Å². The van der Waals surface area contributed by atoms with Gasteiger partial charge in [-0.15, -0.1) is 11.3 Å². The smallest absolute Gasteiger partial charge is 0.303 e. The Morgan fingerprint density at radius 2 is 1.96 bits per heavy atom. The largest absolute Gasteiger partial charge is 0.481 e. The van der Waals surface area contributed by atoms with E-state index in [1.165, 1.54) is 10.4 Å². The Bertz CT molecular complexity index is 680. The van der Waals surface area contributed by atoms with E-state index in [1.807, 2.05) is 0 Å². The lowest BCUT2D eigenvalue weighted by Gasteiger charge is -2.25. The van der Waals surface area contributed by atoms with Crippen LogP contribution in [0.1, 0.15) is 28.9 Å². The molecule has 0 spiro atoms. The molecule has 1 aromatic rings. The maximum atomic E-state index is 12.7. The summed E-state index contributed by atoms with van der Waals surface area (Å²) in [6.45, 7) is 1.24. The van der Waals surface area contributed by atoms with Crippen molar-refractivity contribution < 1.29 is 23.1 Å². The van der Waals surface area contributed by atoms with Crippen molar-refractivity contribution in [3.63, 3.8) is 0 Å². The van der Waals surface area contributed by atoms with Crippen molar-refractivity contribution in [2.75, 3.05) is 31.1 Å². The van der Waals surface area contributed by atoms with E-state index < -0.39 is 21.9 Å². The fourth-order valence-corrected chi connectivity index (χ4v) is 6.17. The van der Waals surface area contributed by atoms with Gasteiger partial charge in [0.25, 0.3) is 5.91 Å². The van der Waals surface area contributed by atoms with Crippen LogP contribution >= 0.6 is 23.1 Å². The van der Waals surface area contributed by atoms with Gasteiger partial charge < -0.3 is 10.4 Å². The molecule has 1 aliphatic heterocycles. The first kappa shape index (κ1) is 19.2. The third-order valence-electron chi connectivity index (χ3n) is 3.53. The lowest BCUT2D eigenvalue weighted by Crippen LogP contribution is -2.38. The number of thioether (sulfide) groups is 1. The van der Waals surface area contributed by atoms with Crippen molar-refractivity contribution in [2.24, 2.45) is 0 Å². The number of unbranched alkanes of at least 4 members (excludes halogenated alkanes) is 1. The molecule has 0 unspecified atom stereocenters. The molecule has 10 heteroatoms. The minimum absolute atomic E-state index is 0.0570. The van der Waals surface area contributed by atoms with Crippen LogP contribution in [-0.4, -0.2) is 60.8 Å². The quantitative estimate of drug-likeness (QED) is 0.649. The van der Waals surface area contributed by atoms with Gasteiger partial charge >= 0.3 is 5.97 Å². The zero-order chi connectivity index (χ0) is 17.6. The second kappa shape index (κ2) is 8.84. The van der Waals surface area contributed by atoms with Crippen LogP contribution < -0.4 is 5.32 Å². The summed E-state index contributed by atoms with van der Waals surface area (Å²) in [6.07, 6.45) is 1.06. The number of hydrogen-bond donors (Lipinski definition) is 2. The Hall–Kier alpha value is -1.10. The van der Waals surface area contributed by atoms with Crippen LogP contribution in [0.25, 0.3) is 0 Å². The molecule has 1 saturated heterocycles. The number of nitrogens with zero attached hydrogens (tertiary/aromatic N) is 1. The van der Waals surface area contributed by atoms with Gasteiger partial charge in [-0.2, -0.15) is 16.1 Å². The molecule has 0 aliphatic carbocycles. The van der Waals surface area contributed by atoms with Gasteiger partial charge in [0.2, 0.25) is 10.0 Å². The van der Waals surface area contributed by atoms with Crippen LogP contribution in [0.5, 0.6) is 0 Å². The molecule has 2 N–H and O–H groups in total. The number of carboxylic acids is 1. The van der Waals surface area contributed by atoms with Gasteiger partial charge in [-0.1, -0.05) is 0 Å². The number of rotatable bonds is 8. The Morgan fingerprint density at radius 3 is 2.62 bits per heavy atom. The van der Waals surface area contributed by atoms with E-state index in [4.69, 9.17) is 5.11 Å². The summed E-state index contributed by atoms with van der Waals surface area (Å²) in [7, 11) is -3.65. The van der Waals surface area contributed by atoms with E-state index >= 15 is 0 Å². The summed E-state index contributed by atoms with van der Waals surface area (Å²) in [5.74, 6) is 0.223. The molecule has 24 heavy (non-hydrogen) atoms. The number of aliphatic carboxylic acids is 1. The van der Waals surface area contributed by atoms with Crippen molar-refractivity contribution in [3.8, 4) is 0 Å². The Kier molecular flexibility index (Phi) is 7.08. The van der Waals surface area contributed by atoms with Gasteiger partial charge in [-0.05, 0) is 24.3 Å². The highest BCUT2D eigenvalue weighted by Gasteiger charge is 2.30. The Labute approximate surface area is 149 Å². The van der Waals surface area contributed by atoms with Crippen LogP contribution in [0, 0.1) is 0 Å². The van der Waals surface area contributed by atoms with Gasteiger partial charge in [-0.25, -0.2) is 8.42 Å². The van der Waals surface area contributed by atoms with E-state index in [9.17, 15) is 18.0 Å². The summed E-state index contributed by atoms with van der Waals surface area (Å²) in [6, 6.07) is 1.47. The molecule has 0 radical (unpaired) electrons. The minimum Gasteiger partial charge on any atom is -0.481 e. The summed E-state index contributed by atoms with van der Waals surface area (Å²) in [5, 5.41) is 12.8. The standard InChI is InChI=1S/C14H20N2O5S3/c17-12(18)3-1-2-5-15-14(19)13-11(4-8-23-13)24(20,21)16-6-9-22-10-7-16/h4,8H,1-3,5-7,9-10H2,(H,15,19)(H,17,18). The molecule has 1 fully saturated rings. The normalized spacial score (nSPS) is 16.0. The third kappa shape index (κ3) is 4.95. The molecule has 0 saturated carbocycles. The average Bonchev–Trinajstić information content (AvgIpc) is 3.05. The number of nitrogens with one attached hydrogen (secondary N) is 1. The number of sulfonamides is 1. The molecule has 134 valence electrons. The van der Waals surface area contributed by atoms with E-state index in [0.717, 1.165) is 22.8 Å². The van der Waals surface area contributed by atoms with Crippen LogP contribution in [0.4, 0.5) is 0 Å². The van der Waals surface area contributed by atoms with Gasteiger partial charge in [0.15, 0.2) is 0 Å². The first-order valence-corrected chi connectivity index (χ1v) is 11.1. The van der Waals surface area contributed by atoms with Crippen molar-refractivity contribution in [1.82, 2.24) is 9.62 Å². The molecule has 1 aromatic heterocycles. The molecular formula is C14H20N2O5S3. The number of carbonyl (C=O) groups is 2. The first-order valence-electron chi connectivity index (χ1n) is 7.58. The summed E-state index contributed by atoms with van der Waals surface area (Å²) >= 11 is 2.82. The van der Waals surface area contributed by atoms with Crippen LogP contribution in [0.2, 0.25) is 0 Å². The van der Waals surface area contributed by atoms with Crippen molar-refractivity contribution >= 4 is 45.0 Å². The van der Waals surface area contributed by atoms with Gasteiger partial charge in [0.05, 0.1) is 0 Å². The zero-order valence-electron chi connectivity index (χ0n) is 13.1. The molecule has 0 bridgehead atoms. The maximum Gasteiger partial charge on any atom is 0.303 e. The maximum absolute atomic E-state index is 12.7. The third-order valence-corrected chi connectivity index (χ3v) is 7.45. The van der Waals surface area contributed by atoms with Crippen LogP contribution in [-0.2, 0) is 14.8 Å². The Morgan fingerprint density at radius 1 is 1.25 bits per heavy atom. The average molecular weight is 393 g/mol. The first-order chi connectivity index (χ1) is 11.4. The fraction of sp³-hybridized carbons (Fsp3) is 0.571. The predicted molar refractivity (Wildman–Crippen MR) is 94.2 cm³/mol. The molecule has 2 rings (SSSR count). The second-order valence-corrected chi connectivity index (χ2v) is 9.28. The molecule has 1 aliphatic rings. The second-order valence-electron chi connectivity index (χ2n) is 5.24.